The van der Waals surface area contributed by atoms with Crippen molar-refractivity contribution in [3.05, 3.63) is 29.6 Å². The van der Waals surface area contributed by atoms with Crippen molar-refractivity contribution in [2.75, 3.05) is 32.8 Å². The maximum Gasteiger partial charge on any atom is 0.193 e. The molecule has 2 fully saturated rings. The van der Waals surface area contributed by atoms with E-state index in [-0.39, 0.29) is 0 Å². The second-order valence-corrected chi connectivity index (χ2v) is 7.96. The van der Waals surface area contributed by atoms with Crippen molar-refractivity contribution >= 4 is 5.96 Å². The molecule has 3 rings (SSSR count). The third-order valence-corrected chi connectivity index (χ3v) is 5.90. The van der Waals surface area contributed by atoms with Crippen molar-refractivity contribution in [2.24, 2.45) is 10.9 Å². The Hall–Kier alpha value is -1.62. The van der Waals surface area contributed by atoms with Crippen LogP contribution in [-0.2, 0) is 11.2 Å². The highest BCUT2D eigenvalue weighted by molar-refractivity contribution is 5.80. The van der Waals surface area contributed by atoms with Crippen LogP contribution in [0.4, 0.5) is 0 Å². The lowest BCUT2D eigenvalue weighted by atomic mass is 10.1. The molecule has 0 aromatic carbocycles. The second kappa shape index (κ2) is 10.6. The Morgan fingerprint density at radius 2 is 2.04 bits per heavy atom. The number of aryl methyl sites for hydroxylation is 1. The summed E-state index contributed by atoms with van der Waals surface area (Å²) < 4.78 is 6.21. The zero-order valence-corrected chi connectivity index (χ0v) is 17.1. The second-order valence-electron chi connectivity index (χ2n) is 7.96. The number of aliphatic imine (C=N–C) groups is 1. The van der Waals surface area contributed by atoms with Gasteiger partial charge in [0.1, 0.15) is 0 Å². The zero-order valence-electron chi connectivity index (χ0n) is 17.1. The maximum atomic E-state index is 6.21. The summed E-state index contributed by atoms with van der Waals surface area (Å²) in [5.74, 6) is 1.87. The first-order chi connectivity index (χ1) is 13.3. The number of rotatable bonds is 7. The molecule has 150 valence electrons. The minimum atomic E-state index is 0.434. The summed E-state index contributed by atoms with van der Waals surface area (Å²) in [5, 5.41) is 3.47. The number of likely N-dealkylation sites (tertiary alicyclic amines) is 1. The van der Waals surface area contributed by atoms with Gasteiger partial charge in [0.25, 0.3) is 0 Å². The third-order valence-electron chi connectivity index (χ3n) is 5.90. The summed E-state index contributed by atoms with van der Waals surface area (Å²) in [6, 6.07) is 2.10. The smallest absolute Gasteiger partial charge is 0.193 e. The molecule has 1 saturated carbocycles. The van der Waals surface area contributed by atoms with Gasteiger partial charge in [-0.05, 0) is 69.1 Å². The highest BCUT2D eigenvalue weighted by Crippen LogP contribution is 2.26. The summed E-state index contributed by atoms with van der Waals surface area (Å²) in [6.07, 6.45) is 12.9. The summed E-state index contributed by atoms with van der Waals surface area (Å²) >= 11 is 0. The summed E-state index contributed by atoms with van der Waals surface area (Å²) in [7, 11) is 0. The van der Waals surface area contributed by atoms with Crippen molar-refractivity contribution in [1.29, 1.82) is 0 Å². The van der Waals surface area contributed by atoms with E-state index in [1.807, 2.05) is 12.4 Å². The molecule has 1 aromatic rings. The van der Waals surface area contributed by atoms with Crippen molar-refractivity contribution in [2.45, 2.75) is 64.9 Å². The zero-order chi connectivity index (χ0) is 18.9. The van der Waals surface area contributed by atoms with Crippen molar-refractivity contribution in [3.63, 3.8) is 0 Å². The van der Waals surface area contributed by atoms with Crippen LogP contribution in [-0.4, -0.2) is 54.7 Å². The predicted octanol–water partition coefficient (Wildman–Crippen LogP) is 3.57. The summed E-state index contributed by atoms with van der Waals surface area (Å²) in [4.78, 5) is 11.4. The standard InChI is InChI=1S/C22H36N4O/c1-3-24-22(25-13-9-20-8-12-23-16-18(20)2)26-14-10-21(11-15-26)27-17-19-6-4-5-7-19/h8,12,16,19,21H,3-7,9-11,13-15,17H2,1-2H3,(H,24,25). The predicted molar refractivity (Wildman–Crippen MR) is 111 cm³/mol. The van der Waals surface area contributed by atoms with E-state index in [1.54, 1.807) is 0 Å². The fourth-order valence-electron chi connectivity index (χ4n) is 4.17. The topological polar surface area (TPSA) is 49.8 Å². The van der Waals surface area contributed by atoms with Gasteiger partial charge in [-0.2, -0.15) is 0 Å². The Kier molecular flexibility index (Phi) is 7.93. The molecule has 1 aromatic heterocycles. The first-order valence-electron chi connectivity index (χ1n) is 10.8. The number of guanidine groups is 1. The van der Waals surface area contributed by atoms with E-state index in [1.165, 1.54) is 36.8 Å². The van der Waals surface area contributed by atoms with Crippen LogP contribution in [0.2, 0.25) is 0 Å². The van der Waals surface area contributed by atoms with Gasteiger partial charge in [0.05, 0.1) is 6.10 Å². The SMILES string of the molecule is CCNC(=NCCc1ccncc1C)N1CCC(OCC2CCCC2)CC1. The quantitative estimate of drug-likeness (QED) is 0.587. The normalized spacial score (nSPS) is 19.6. The van der Waals surface area contributed by atoms with Crippen molar-refractivity contribution in [3.8, 4) is 0 Å². The van der Waals surface area contributed by atoms with E-state index in [9.17, 15) is 0 Å². The molecule has 2 aliphatic rings. The maximum absolute atomic E-state index is 6.21. The average molecular weight is 373 g/mol. The molecule has 0 amide bonds. The minimum Gasteiger partial charge on any atom is -0.378 e. The molecule has 27 heavy (non-hydrogen) atoms. The van der Waals surface area contributed by atoms with Gasteiger partial charge in [0.2, 0.25) is 0 Å². The highest BCUT2D eigenvalue weighted by atomic mass is 16.5. The van der Waals surface area contributed by atoms with E-state index in [2.05, 4.69) is 35.1 Å². The lowest BCUT2D eigenvalue weighted by Gasteiger charge is -2.34. The fraction of sp³-hybridized carbons (Fsp3) is 0.727. The van der Waals surface area contributed by atoms with Gasteiger partial charge >= 0.3 is 0 Å². The van der Waals surface area contributed by atoms with Crippen molar-refractivity contribution < 1.29 is 4.74 Å². The molecular weight excluding hydrogens is 336 g/mol. The van der Waals surface area contributed by atoms with Gasteiger partial charge in [0.15, 0.2) is 5.96 Å². The summed E-state index contributed by atoms with van der Waals surface area (Å²) in [6.45, 7) is 9.03. The fourth-order valence-corrected chi connectivity index (χ4v) is 4.17. The Morgan fingerprint density at radius 1 is 1.26 bits per heavy atom. The molecule has 0 bridgehead atoms. The van der Waals surface area contributed by atoms with Crippen molar-refractivity contribution in [1.82, 2.24) is 15.2 Å². The number of hydrogen-bond acceptors (Lipinski definition) is 3. The van der Waals surface area contributed by atoms with Gasteiger partial charge in [-0.1, -0.05) is 12.8 Å². The number of hydrogen-bond donors (Lipinski definition) is 1. The van der Waals surface area contributed by atoms with E-state index < -0.39 is 0 Å². The van der Waals surface area contributed by atoms with Gasteiger partial charge in [-0.25, -0.2) is 0 Å². The lowest BCUT2D eigenvalue weighted by Crippen LogP contribution is -2.47. The van der Waals surface area contributed by atoms with E-state index in [4.69, 9.17) is 9.73 Å². The molecule has 0 spiro atoms. The van der Waals surface area contributed by atoms with Crippen LogP contribution >= 0.6 is 0 Å². The largest absolute Gasteiger partial charge is 0.378 e. The first kappa shape index (κ1) is 20.1. The highest BCUT2D eigenvalue weighted by Gasteiger charge is 2.23. The Morgan fingerprint density at radius 3 is 2.74 bits per heavy atom. The molecule has 5 nitrogen and oxygen atoms in total. The molecule has 1 saturated heterocycles. The molecule has 5 heteroatoms. The Balaban J connectivity index is 1.44. The van der Waals surface area contributed by atoms with E-state index >= 15 is 0 Å². The minimum absolute atomic E-state index is 0.434. The van der Waals surface area contributed by atoms with E-state index in [0.29, 0.717) is 6.10 Å². The number of piperidine rings is 1. The van der Waals surface area contributed by atoms with Crippen LogP contribution in [0.15, 0.2) is 23.5 Å². The molecule has 1 aliphatic carbocycles. The van der Waals surface area contributed by atoms with Crippen LogP contribution in [0.5, 0.6) is 0 Å². The molecule has 2 heterocycles. The van der Waals surface area contributed by atoms with Gasteiger partial charge in [-0.15, -0.1) is 0 Å². The van der Waals surface area contributed by atoms with Gasteiger partial charge in [-0.3, -0.25) is 9.98 Å². The molecule has 1 N–H and O–H groups in total. The lowest BCUT2D eigenvalue weighted by molar-refractivity contribution is 0.00102. The molecule has 1 aliphatic heterocycles. The summed E-state index contributed by atoms with van der Waals surface area (Å²) in [5.41, 5.74) is 2.58. The van der Waals surface area contributed by atoms with Crippen LogP contribution in [0.1, 0.15) is 56.6 Å². The monoisotopic (exact) mass is 372 g/mol. The first-order valence-corrected chi connectivity index (χ1v) is 10.8. The van der Waals surface area contributed by atoms with Gasteiger partial charge in [0, 0.05) is 45.2 Å². The molecule has 0 atom stereocenters. The van der Waals surface area contributed by atoms with Gasteiger partial charge < -0.3 is 15.0 Å². The molecule has 0 unspecified atom stereocenters. The van der Waals surface area contributed by atoms with Crippen LogP contribution in [0.25, 0.3) is 0 Å². The number of pyridine rings is 1. The number of nitrogens with zero attached hydrogens (tertiary/aromatic N) is 3. The number of nitrogens with one attached hydrogen (secondary N) is 1. The van der Waals surface area contributed by atoms with Crippen LogP contribution in [0, 0.1) is 12.8 Å². The third kappa shape index (κ3) is 6.20. The van der Waals surface area contributed by atoms with E-state index in [0.717, 1.165) is 63.9 Å². The van der Waals surface area contributed by atoms with Crippen LogP contribution < -0.4 is 5.32 Å². The Labute approximate surface area is 164 Å². The molecule has 0 radical (unpaired) electrons. The number of aromatic nitrogens is 1. The Bertz CT molecular complexity index is 590. The average Bonchev–Trinajstić information content (AvgIpc) is 3.21. The van der Waals surface area contributed by atoms with Crippen LogP contribution in [0.3, 0.4) is 0 Å². The number of ether oxygens (including phenoxy) is 1. The molecular formula is C22H36N4O.